The maximum atomic E-state index is 12.0. The molecule has 3 N–H and O–H groups in total. The zero-order chi connectivity index (χ0) is 15.9. The minimum Gasteiger partial charge on any atom is -0.492 e. The van der Waals surface area contributed by atoms with Gasteiger partial charge in [-0.3, -0.25) is 9.48 Å². The Labute approximate surface area is 142 Å². The van der Waals surface area contributed by atoms with Crippen LogP contribution in [0, 0.1) is 6.92 Å². The van der Waals surface area contributed by atoms with Crippen molar-refractivity contribution in [3.8, 4) is 5.75 Å². The van der Waals surface area contributed by atoms with Gasteiger partial charge in [0.2, 0.25) is 5.91 Å². The van der Waals surface area contributed by atoms with Crippen molar-refractivity contribution in [3.05, 3.63) is 41.7 Å². The molecule has 0 fully saturated rings. The summed E-state index contributed by atoms with van der Waals surface area (Å²) in [6.45, 7) is 2.96. The number of amides is 1. The Bertz CT molecular complexity index is 626. The third-order valence-electron chi connectivity index (χ3n) is 3.48. The summed E-state index contributed by atoms with van der Waals surface area (Å²) in [6, 6.07) is 7.27. The van der Waals surface area contributed by atoms with Crippen LogP contribution >= 0.6 is 12.4 Å². The van der Waals surface area contributed by atoms with Crippen molar-refractivity contribution in [2.75, 3.05) is 18.5 Å². The summed E-state index contributed by atoms with van der Waals surface area (Å²) in [4.78, 5) is 12.0. The largest absolute Gasteiger partial charge is 0.492 e. The number of hydrogen-bond donors (Lipinski definition) is 2. The van der Waals surface area contributed by atoms with Gasteiger partial charge >= 0.3 is 0 Å². The molecule has 0 bridgehead atoms. The third-order valence-corrected chi connectivity index (χ3v) is 3.48. The highest BCUT2D eigenvalue weighted by Gasteiger charge is 2.07. The van der Waals surface area contributed by atoms with Gasteiger partial charge in [-0.2, -0.15) is 5.10 Å². The minimum absolute atomic E-state index is 0. The molecule has 0 spiro atoms. The SMILES string of the molecule is Cc1c(CCC(=O)Nc2ccc(OCCN)cc2)cnn1C.Cl. The van der Waals surface area contributed by atoms with Crippen molar-refractivity contribution in [1.29, 1.82) is 0 Å². The Kier molecular flexibility index (Phi) is 7.57. The van der Waals surface area contributed by atoms with Crippen LogP contribution in [-0.2, 0) is 18.3 Å². The van der Waals surface area contributed by atoms with Crippen LogP contribution in [0.5, 0.6) is 5.75 Å². The van der Waals surface area contributed by atoms with Gasteiger partial charge < -0.3 is 15.8 Å². The van der Waals surface area contributed by atoms with Gasteiger partial charge in [-0.25, -0.2) is 0 Å². The van der Waals surface area contributed by atoms with E-state index >= 15 is 0 Å². The molecule has 0 atom stereocenters. The highest BCUT2D eigenvalue weighted by Crippen LogP contribution is 2.16. The first-order chi connectivity index (χ1) is 10.6. The van der Waals surface area contributed by atoms with Crippen molar-refractivity contribution in [2.45, 2.75) is 19.8 Å². The molecule has 0 radical (unpaired) electrons. The first-order valence-corrected chi connectivity index (χ1v) is 7.30. The number of aryl methyl sites for hydroxylation is 2. The normalized spacial score (nSPS) is 10.0. The first-order valence-electron chi connectivity index (χ1n) is 7.30. The second kappa shape index (κ2) is 9.17. The molecule has 0 saturated carbocycles. The van der Waals surface area contributed by atoms with E-state index in [1.54, 1.807) is 0 Å². The molecule has 0 aliphatic rings. The third kappa shape index (κ3) is 5.58. The molecule has 1 aromatic carbocycles. The molecule has 6 nitrogen and oxygen atoms in total. The number of nitrogens with two attached hydrogens (primary N) is 1. The monoisotopic (exact) mass is 338 g/mol. The number of ether oxygens (including phenoxy) is 1. The lowest BCUT2D eigenvalue weighted by atomic mass is 10.1. The van der Waals surface area contributed by atoms with Gasteiger partial charge in [0.25, 0.3) is 0 Å². The summed E-state index contributed by atoms with van der Waals surface area (Å²) in [6.07, 6.45) is 2.92. The molecular weight excluding hydrogens is 316 g/mol. The van der Waals surface area contributed by atoms with E-state index in [0.717, 1.165) is 22.7 Å². The number of rotatable bonds is 7. The van der Waals surface area contributed by atoms with Crippen LogP contribution in [0.25, 0.3) is 0 Å². The molecule has 0 aliphatic heterocycles. The fourth-order valence-corrected chi connectivity index (χ4v) is 2.07. The lowest BCUT2D eigenvalue weighted by Crippen LogP contribution is -2.13. The predicted octanol–water partition coefficient (Wildman–Crippen LogP) is 2.06. The summed E-state index contributed by atoms with van der Waals surface area (Å²) >= 11 is 0. The second-order valence-electron chi connectivity index (χ2n) is 5.09. The molecule has 1 aromatic heterocycles. The maximum absolute atomic E-state index is 12.0. The van der Waals surface area contributed by atoms with E-state index < -0.39 is 0 Å². The second-order valence-corrected chi connectivity index (χ2v) is 5.09. The van der Waals surface area contributed by atoms with Crippen LogP contribution < -0.4 is 15.8 Å². The van der Waals surface area contributed by atoms with E-state index in [0.29, 0.717) is 26.0 Å². The van der Waals surface area contributed by atoms with Crippen molar-refractivity contribution < 1.29 is 9.53 Å². The van der Waals surface area contributed by atoms with Gasteiger partial charge in [0, 0.05) is 31.4 Å². The molecule has 1 amide bonds. The van der Waals surface area contributed by atoms with Gasteiger partial charge in [-0.15, -0.1) is 12.4 Å². The van der Waals surface area contributed by atoms with Gasteiger partial charge in [0.15, 0.2) is 0 Å². The van der Waals surface area contributed by atoms with Gasteiger partial charge in [-0.05, 0) is 43.2 Å². The zero-order valence-corrected chi connectivity index (χ0v) is 14.2. The van der Waals surface area contributed by atoms with E-state index in [1.807, 2.05) is 49.1 Å². The summed E-state index contributed by atoms with van der Waals surface area (Å²) in [7, 11) is 1.90. The summed E-state index contributed by atoms with van der Waals surface area (Å²) in [5.41, 5.74) is 8.33. The summed E-state index contributed by atoms with van der Waals surface area (Å²) < 4.78 is 7.20. The number of anilines is 1. The average Bonchev–Trinajstić information content (AvgIpc) is 2.84. The van der Waals surface area contributed by atoms with E-state index in [1.165, 1.54) is 0 Å². The Morgan fingerprint density at radius 3 is 2.61 bits per heavy atom. The molecule has 2 rings (SSSR count). The van der Waals surface area contributed by atoms with Crippen LogP contribution in [0.1, 0.15) is 17.7 Å². The Balaban J connectivity index is 0.00000264. The molecule has 7 heteroatoms. The van der Waals surface area contributed by atoms with E-state index in [-0.39, 0.29) is 18.3 Å². The fraction of sp³-hybridized carbons (Fsp3) is 0.375. The van der Waals surface area contributed by atoms with Crippen LogP contribution in [0.4, 0.5) is 5.69 Å². The van der Waals surface area contributed by atoms with Gasteiger partial charge in [-0.1, -0.05) is 0 Å². The number of benzene rings is 1. The number of hydrogen-bond acceptors (Lipinski definition) is 4. The molecule has 2 aromatic rings. The molecule has 0 saturated heterocycles. The number of carbonyl (C=O) groups excluding carboxylic acids is 1. The van der Waals surface area contributed by atoms with Gasteiger partial charge in [0.05, 0.1) is 6.20 Å². The Hall–Kier alpha value is -2.05. The highest BCUT2D eigenvalue weighted by molar-refractivity contribution is 5.90. The van der Waals surface area contributed by atoms with E-state index in [4.69, 9.17) is 10.5 Å². The van der Waals surface area contributed by atoms with E-state index in [9.17, 15) is 4.79 Å². The average molecular weight is 339 g/mol. The van der Waals surface area contributed by atoms with Crippen molar-refractivity contribution in [2.24, 2.45) is 12.8 Å². The number of nitrogens with one attached hydrogen (secondary N) is 1. The molecule has 0 unspecified atom stereocenters. The standard InChI is InChI=1S/C16H22N4O2.ClH/c1-12-13(11-18-20(12)2)3-8-16(21)19-14-4-6-15(7-5-14)22-10-9-17;/h4-7,11H,3,8-10,17H2,1-2H3,(H,19,21);1H. The summed E-state index contributed by atoms with van der Waals surface area (Å²) in [5, 5.41) is 7.05. The zero-order valence-electron chi connectivity index (χ0n) is 13.4. The number of carbonyl (C=O) groups is 1. The quantitative estimate of drug-likeness (QED) is 0.809. The molecule has 0 aliphatic carbocycles. The fourth-order valence-electron chi connectivity index (χ4n) is 2.07. The maximum Gasteiger partial charge on any atom is 0.224 e. The van der Waals surface area contributed by atoms with Gasteiger partial charge in [0.1, 0.15) is 12.4 Å². The molecular formula is C16H23ClN4O2. The lowest BCUT2D eigenvalue weighted by Gasteiger charge is -2.07. The Morgan fingerprint density at radius 1 is 1.35 bits per heavy atom. The number of halogens is 1. The summed E-state index contributed by atoms with van der Waals surface area (Å²) in [5.74, 6) is 0.730. The molecule has 126 valence electrons. The van der Waals surface area contributed by atoms with Crippen LogP contribution in [0.15, 0.2) is 30.5 Å². The molecule has 23 heavy (non-hydrogen) atoms. The van der Waals surface area contributed by atoms with Crippen molar-refractivity contribution >= 4 is 24.0 Å². The lowest BCUT2D eigenvalue weighted by molar-refractivity contribution is -0.116. The number of aromatic nitrogens is 2. The van der Waals surface area contributed by atoms with Crippen molar-refractivity contribution in [3.63, 3.8) is 0 Å². The van der Waals surface area contributed by atoms with Crippen LogP contribution in [0.2, 0.25) is 0 Å². The molecule has 1 heterocycles. The highest BCUT2D eigenvalue weighted by atomic mass is 35.5. The smallest absolute Gasteiger partial charge is 0.224 e. The topological polar surface area (TPSA) is 82.2 Å². The van der Waals surface area contributed by atoms with E-state index in [2.05, 4.69) is 10.4 Å². The number of nitrogens with zero attached hydrogens (tertiary/aromatic N) is 2. The predicted molar refractivity (Wildman–Crippen MR) is 93.1 cm³/mol. The van der Waals surface area contributed by atoms with Crippen LogP contribution in [-0.4, -0.2) is 28.8 Å². The first kappa shape index (κ1) is 19.0. The van der Waals surface area contributed by atoms with Crippen LogP contribution in [0.3, 0.4) is 0 Å². The minimum atomic E-state index is -0.0149. The van der Waals surface area contributed by atoms with Crippen molar-refractivity contribution in [1.82, 2.24) is 9.78 Å². The Morgan fingerprint density at radius 2 is 2.04 bits per heavy atom.